The van der Waals surface area contributed by atoms with Crippen LogP contribution in [0.4, 0.5) is 4.79 Å². The fourth-order valence-corrected chi connectivity index (χ4v) is 2.50. The Morgan fingerprint density at radius 1 is 1.44 bits per heavy atom. The van der Waals surface area contributed by atoms with Crippen molar-refractivity contribution in [2.24, 2.45) is 5.92 Å². The van der Waals surface area contributed by atoms with Gasteiger partial charge in [-0.05, 0) is 25.2 Å². The Morgan fingerprint density at radius 3 is 2.61 bits per heavy atom. The predicted octanol–water partition coefficient (Wildman–Crippen LogP) is 2.07. The van der Waals surface area contributed by atoms with E-state index in [9.17, 15) is 9.59 Å². The molecular weight excluding hydrogens is 232 g/mol. The van der Waals surface area contributed by atoms with Crippen molar-refractivity contribution in [1.82, 2.24) is 10.2 Å². The highest BCUT2D eigenvalue weighted by Gasteiger charge is 2.31. The minimum atomic E-state index is -0.871. The minimum Gasteiger partial charge on any atom is -0.481 e. The number of carboxylic acid groups (broad SMARTS) is 1. The molecule has 5 nitrogen and oxygen atoms in total. The van der Waals surface area contributed by atoms with Crippen molar-refractivity contribution < 1.29 is 14.7 Å². The molecule has 1 rings (SSSR count). The quantitative estimate of drug-likeness (QED) is 0.791. The Morgan fingerprint density at radius 2 is 2.11 bits per heavy atom. The summed E-state index contributed by atoms with van der Waals surface area (Å²) in [6, 6.07) is -0.102. The third-order valence-corrected chi connectivity index (χ3v) is 3.57. The third-order valence-electron chi connectivity index (χ3n) is 3.57. The molecule has 0 aromatic carbocycles. The molecule has 0 aromatic heterocycles. The largest absolute Gasteiger partial charge is 0.481 e. The second kappa shape index (κ2) is 6.61. The lowest BCUT2D eigenvalue weighted by Gasteiger charge is -2.29. The van der Waals surface area contributed by atoms with Gasteiger partial charge in [0.25, 0.3) is 0 Å². The Bertz CT molecular complexity index is 305. The maximum Gasteiger partial charge on any atom is 0.317 e. The van der Waals surface area contributed by atoms with E-state index in [0.29, 0.717) is 12.3 Å². The molecule has 2 atom stereocenters. The summed E-state index contributed by atoms with van der Waals surface area (Å²) < 4.78 is 0. The molecule has 5 heteroatoms. The van der Waals surface area contributed by atoms with Crippen molar-refractivity contribution in [2.45, 2.75) is 58.5 Å². The lowest BCUT2D eigenvalue weighted by atomic mass is 10.0. The average molecular weight is 256 g/mol. The van der Waals surface area contributed by atoms with Crippen LogP contribution < -0.4 is 5.32 Å². The summed E-state index contributed by atoms with van der Waals surface area (Å²) in [5, 5.41) is 11.6. The zero-order valence-electron chi connectivity index (χ0n) is 11.5. The van der Waals surface area contributed by atoms with Crippen molar-refractivity contribution in [1.29, 1.82) is 0 Å². The number of hydrogen-bond acceptors (Lipinski definition) is 2. The lowest BCUT2D eigenvalue weighted by molar-refractivity contribution is -0.137. The molecule has 1 aliphatic rings. The number of rotatable bonds is 5. The van der Waals surface area contributed by atoms with Gasteiger partial charge in [0.2, 0.25) is 0 Å². The topological polar surface area (TPSA) is 69.6 Å². The normalized spacial score (nSPS) is 21.1. The smallest absolute Gasteiger partial charge is 0.317 e. The summed E-state index contributed by atoms with van der Waals surface area (Å²) >= 11 is 0. The fourth-order valence-electron chi connectivity index (χ4n) is 2.50. The van der Waals surface area contributed by atoms with Crippen LogP contribution in [-0.2, 0) is 4.79 Å². The number of hydrogen-bond donors (Lipinski definition) is 2. The number of nitrogens with zero attached hydrogens (tertiary/aromatic N) is 1. The first kappa shape index (κ1) is 14.8. The average Bonchev–Trinajstić information content (AvgIpc) is 2.76. The maximum atomic E-state index is 12.1. The number of aliphatic carboxylic acids is 1. The molecular formula is C13H24N2O3. The number of carboxylic acids is 1. The van der Waals surface area contributed by atoms with E-state index in [-0.39, 0.29) is 24.5 Å². The van der Waals surface area contributed by atoms with Crippen LogP contribution >= 0.6 is 0 Å². The zero-order valence-corrected chi connectivity index (χ0v) is 11.5. The van der Waals surface area contributed by atoms with Crippen molar-refractivity contribution in [3.05, 3.63) is 0 Å². The Hall–Kier alpha value is -1.26. The molecule has 18 heavy (non-hydrogen) atoms. The first-order valence-corrected chi connectivity index (χ1v) is 6.74. The lowest BCUT2D eigenvalue weighted by Crippen LogP contribution is -2.48. The van der Waals surface area contributed by atoms with Gasteiger partial charge in [-0.2, -0.15) is 0 Å². The van der Waals surface area contributed by atoms with Gasteiger partial charge in [-0.25, -0.2) is 4.79 Å². The molecule has 0 saturated carbocycles. The van der Waals surface area contributed by atoms with Crippen LogP contribution in [-0.4, -0.2) is 40.6 Å². The second-order valence-corrected chi connectivity index (χ2v) is 5.30. The Kier molecular flexibility index (Phi) is 5.44. The molecule has 0 spiro atoms. The van der Waals surface area contributed by atoms with Gasteiger partial charge in [-0.15, -0.1) is 0 Å². The Balaban J connectivity index is 2.55. The number of carbonyl (C=O) groups excluding carboxylic acids is 1. The molecule has 2 amide bonds. The minimum absolute atomic E-state index is 0.0115. The molecule has 0 aliphatic carbocycles. The third kappa shape index (κ3) is 3.89. The van der Waals surface area contributed by atoms with E-state index in [1.807, 2.05) is 11.8 Å². The van der Waals surface area contributed by atoms with E-state index in [0.717, 1.165) is 19.4 Å². The number of carbonyl (C=O) groups is 2. The van der Waals surface area contributed by atoms with Crippen molar-refractivity contribution in [2.75, 3.05) is 6.54 Å². The number of urea groups is 1. The maximum absolute atomic E-state index is 12.1. The summed E-state index contributed by atoms with van der Waals surface area (Å²) in [6.07, 6.45) is 2.70. The standard InChI is InChI=1S/C13H24N2O3/c1-4-10(8-12(16)17)14-13(18)15-7-5-6-11(15)9(2)3/h9-11H,4-8H2,1-3H3,(H,14,18)(H,16,17). The van der Waals surface area contributed by atoms with Gasteiger partial charge in [0, 0.05) is 18.6 Å². The van der Waals surface area contributed by atoms with Crippen molar-refractivity contribution in [3.8, 4) is 0 Å². The molecule has 1 fully saturated rings. The Labute approximate surface area is 109 Å². The van der Waals surface area contributed by atoms with E-state index in [1.54, 1.807) is 0 Å². The molecule has 1 saturated heterocycles. The van der Waals surface area contributed by atoms with Crippen LogP contribution in [0.2, 0.25) is 0 Å². The van der Waals surface area contributed by atoms with E-state index in [1.165, 1.54) is 0 Å². The zero-order chi connectivity index (χ0) is 13.7. The first-order valence-electron chi connectivity index (χ1n) is 6.74. The highest BCUT2D eigenvalue weighted by Crippen LogP contribution is 2.23. The number of likely N-dealkylation sites (tertiary alicyclic amines) is 1. The van der Waals surface area contributed by atoms with Crippen molar-refractivity contribution >= 4 is 12.0 Å². The summed E-state index contributed by atoms with van der Waals surface area (Å²) in [4.78, 5) is 24.7. The van der Waals surface area contributed by atoms with Gasteiger partial charge in [0.05, 0.1) is 6.42 Å². The summed E-state index contributed by atoms with van der Waals surface area (Å²) in [7, 11) is 0. The van der Waals surface area contributed by atoms with E-state index < -0.39 is 5.97 Å². The van der Waals surface area contributed by atoms with Gasteiger partial charge in [-0.1, -0.05) is 20.8 Å². The molecule has 0 aromatic rings. The molecule has 2 unspecified atom stereocenters. The van der Waals surface area contributed by atoms with Crippen molar-refractivity contribution in [3.63, 3.8) is 0 Å². The van der Waals surface area contributed by atoms with Crippen LogP contribution in [0.3, 0.4) is 0 Å². The van der Waals surface area contributed by atoms with E-state index >= 15 is 0 Å². The van der Waals surface area contributed by atoms with Gasteiger partial charge in [0.15, 0.2) is 0 Å². The van der Waals surface area contributed by atoms with E-state index in [2.05, 4.69) is 19.2 Å². The molecule has 0 radical (unpaired) electrons. The van der Waals surface area contributed by atoms with E-state index in [4.69, 9.17) is 5.11 Å². The summed E-state index contributed by atoms with van der Waals surface area (Å²) in [6.45, 7) is 6.89. The predicted molar refractivity (Wildman–Crippen MR) is 69.4 cm³/mol. The van der Waals surface area contributed by atoms with Crippen LogP contribution in [0.25, 0.3) is 0 Å². The van der Waals surface area contributed by atoms with Crippen LogP contribution in [0.5, 0.6) is 0 Å². The summed E-state index contributed by atoms with van der Waals surface area (Å²) in [5.41, 5.74) is 0. The second-order valence-electron chi connectivity index (χ2n) is 5.30. The van der Waals surface area contributed by atoms with Gasteiger partial charge in [-0.3, -0.25) is 4.79 Å². The van der Waals surface area contributed by atoms with Gasteiger partial charge in [0.1, 0.15) is 0 Å². The highest BCUT2D eigenvalue weighted by molar-refractivity contribution is 5.76. The molecule has 1 heterocycles. The molecule has 2 N–H and O–H groups in total. The highest BCUT2D eigenvalue weighted by atomic mass is 16.4. The molecule has 0 bridgehead atoms. The monoisotopic (exact) mass is 256 g/mol. The SMILES string of the molecule is CCC(CC(=O)O)NC(=O)N1CCCC1C(C)C. The van der Waals surface area contributed by atoms with Crippen LogP contribution in [0, 0.1) is 5.92 Å². The molecule has 104 valence electrons. The number of nitrogens with one attached hydrogen (secondary N) is 1. The van der Waals surface area contributed by atoms with Crippen LogP contribution in [0.1, 0.15) is 46.5 Å². The fraction of sp³-hybridized carbons (Fsp3) is 0.846. The number of amides is 2. The molecule has 1 aliphatic heterocycles. The van der Waals surface area contributed by atoms with Gasteiger partial charge < -0.3 is 15.3 Å². The summed E-state index contributed by atoms with van der Waals surface area (Å²) in [5.74, 6) is -0.429. The van der Waals surface area contributed by atoms with Crippen LogP contribution in [0.15, 0.2) is 0 Å². The first-order chi connectivity index (χ1) is 8.45. The van der Waals surface area contributed by atoms with Gasteiger partial charge >= 0.3 is 12.0 Å².